The summed E-state index contributed by atoms with van der Waals surface area (Å²) < 4.78 is 0. The highest BCUT2D eigenvalue weighted by Gasteiger charge is 2.29. The van der Waals surface area contributed by atoms with Crippen molar-refractivity contribution in [2.45, 2.75) is 25.8 Å². The number of benzene rings is 1. The lowest BCUT2D eigenvalue weighted by Crippen LogP contribution is -2.40. The first kappa shape index (κ1) is 21.2. The van der Waals surface area contributed by atoms with E-state index in [0.717, 1.165) is 12.8 Å². The highest BCUT2D eigenvalue weighted by atomic mass is 16.3. The molecule has 0 saturated heterocycles. The van der Waals surface area contributed by atoms with E-state index in [4.69, 9.17) is 5.11 Å². The van der Waals surface area contributed by atoms with Crippen LogP contribution in [0.1, 0.15) is 25.3 Å². The summed E-state index contributed by atoms with van der Waals surface area (Å²) in [5.41, 5.74) is 2.18. The number of anilines is 2. The number of likely N-dealkylation sites (N-methyl/N-ethyl adjacent to an activating group) is 1. The van der Waals surface area contributed by atoms with Gasteiger partial charge in [0.15, 0.2) is 5.82 Å². The number of nitriles is 1. The molecule has 1 aliphatic carbocycles. The third kappa shape index (κ3) is 5.10. The van der Waals surface area contributed by atoms with E-state index in [0.29, 0.717) is 28.3 Å². The Morgan fingerprint density at radius 2 is 2.10 bits per heavy atom. The SMILES string of the molecule is CC(Nc1cc(-c2cnc(NC(=O)C3CC3)cn2)ccc1C#N)C(=O)N(C)CCO. The minimum atomic E-state index is -0.588. The summed E-state index contributed by atoms with van der Waals surface area (Å²) in [4.78, 5) is 34.2. The lowest BCUT2D eigenvalue weighted by atomic mass is 10.1. The van der Waals surface area contributed by atoms with Gasteiger partial charge in [0.05, 0.1) is 35.9 Å². The molecule has 1 heterocycles. The van der Waals surface area contributed by atoms with Gasteiger partial charge in [0.1, 0.15) is 12.1 Å². The summed E-state index contributed by atoms with van der Waals surface area (Å²) in [6, 6.07) is 6.66. The lowest BCUT2D eigenvalue weighted by Gasteiger charge is -2.22. The average molecular weight is 408 g/mol. The molecule has 0 aliphatic heterocycles. The van der Waals surface area contributed by atoms with Gasteiger partial charge in [-0.3, -0.25) is 14.6 Å². The summed E-state index contributed by atoms with van der Waals surface area (Å²) in [6.07, 6.45) is 4.87. The summed E-state index contributed by atoms with van der Waals surface area (Å²) in [5.74, 6) is 0.245. The van der Waals surface area contributed by atoms with Gasteiger partial charge >= 0.3 is 0 Å². The third-order valence-electron chi connectivity index (χ3n) is 4.84. The molecule has 1 aromatic heterocycles. The summed E-state index contributed by atoms with van der Waals surface area (Å²) in [7, 11) is 1.61. The first-order valence-electron chi connectivity index (χ1n) is 9.72. The van der Waals surface area contributed by atoms with Crippen LogP contribution in [0.5, 0.6) is 0 Å². The molecule has 1 unspecified atom stereocenters. The average Bonchev–Trinajstić information content (AvgIpc) is 3.59. The molecule has 0 bridgehead atoms. The summed E-state index contributed by atoms with van der Waals surface area (Å²) >= 11 is 0. The molecular formula is C21H24N6O3. The number of nitrogens with one attached hydrogen (secondary N) is 2. The Kier molecular flexibility index (Phi) is 6.59. The van der Waals surface area contributed by atoms with E-state index < -0.39 is 6.04 Å². The predicted octanol–water partition coefficient (Wildman–Crippen LogP) is 1.61. The van der Waals surface area contributed by atoms with Crippen LogP contribution in [-0.4, -0.2) is 58.0 Å². The molecule has 1 saturated carbocycles. The van der Waals surface area contributed by atoms with Gasteiger partial charge in [-0.05, 0) is 31.9 Å². The van der Waals surface area contributed by atoms with Gasteiger partial charge < -0.3 is 20.6 Å². The maximum absolute atomic E-state index is 12.4. The van der Waals surface area contributed by atoms with E-state index in [1.807, 2.05) is 0 Å². The molecule has 2 amide bonds. The molecule has 1 atom stereocenters. The molecule has 1 aliphatic rings. The highest BCUT2D eigenvalue weighted by molar-refractivity contribution is 5.93. The van der Waals surface area contributed by atoms with Crippen LogP contribution in [0.15, 0.2) is 30.6 Å². The Labute approximate surface area is 174 Å². The van der Waals surface area contributed by atoms with Gasteiger partial charge in [-0.15, -0.1) is 0 Å². The van der Waals surface area contributed by atoms with Gasteiger partial charge in [-0.25, -0.2) is 4.98 Å². The first-order chi connectivity index (χ1) is 14.4. The molecule has 3 N–H and O–H groups in total. The molecule has 9 nitrogen and oxygen atoms in total. The normalized spacial score (nSPS) is 13.8. The van der Waals surface area contributed by atoms with Gasteiger partial charge in [0.2, 0.25) is 11.8 Å². The Morgan fingerprint density at radius 3 is 2.70 bits per heavy atom. The van der Waals surface area contributed by atoms with Gasteiger partial charge in [-0.1, -0.05) is 6.07 Å². The fraction of sp³-hybridized carbons (Fsp3) is 0.381. The minimum Gasteiger partial charge on any atom is -0.395 e. The zero-order valence-electron chi connectivity index (χ0n) is 16.9. The molecule has 0 radical (unpaired) electrons. The Bertz CT molecular complexity index is 966. The van der Waals surface area contributed by atoms with E-state index in [1.54, 1.807) is 38.4 Å². The van der Waals surface area contributed by atoms with Crippen molar-refractivity contribution in [1.29, 1.82) is 5.26 Å². The number of hydrogen-bond acceptors (Lipinski definition) is 7. The van der Waals surface area contributed by atoms with Crippen LogP contribution in [-0.2, 0) is 9.59 Å². The zero-order chi connectivity index (χ0) is 21.7. The fourth-order valence-electron chi connectivity index (χ4n) is 2.92. The van der Waals surface area contributed by atoms with Crippen molar-refractivity contribution >= 4 is 23.3 Å². The summed E-state index contributed by atoms with van der Waals surface area (Å²) in [5, 5.41) is 24.2. The van der Waals surface area contributed by atoms with Crippen LogP contribution >= 0.6 is 0 Å². The maximum Gasteiger partial charge on any atom is 0.244 e. The number of carbonyl (C=O) groups is 2. The second-order valence-electron chi connectivity index (χ2n) is 7.27. The Hall–Kier alpha value is -3.51. The van der Waals surface area contributed by atoms with Crippen LogP contribution in [0.3, 0.4) is 0 Å². The zero-order valence-corrected chi connectivity index (χ0v) is 16.9. The van der Waals surface area contributed by atoms with Crippen molar-refractivity contribution < 1.29 is 14.7 Å². The second kappa shape index (κ2) is 9.33. The second-order valence-corrected chi connectivity index (χ2v) is 7.27. The molecule has 0 spiro atoms. The van der Waals surface area contributed by atoms with Gasteiger partial charge in [0.25, 0.3) is 0 Å². The van der Waals surface area contributed by atoms with Crippen molar-refractivity contribution in [3.8, 4) is 17.3 Å². The lowest BCUT2D eigenvalue weighted by molar-refractivity contribution is -0.130. The number of aliphatic hydroxyl groups excluding tert-OH is 1. The number of amides is 2. The molecule has 3 rings (SSSR count). The standard InChI is InChI=1S/C21H24N6O3/c1-13(21(30)27(2)7-8-28)25-17-9-15(5-6-16(17)10-22)18-11-24-19(12-23-18)26-20(29)14-3-4-14/h5-6,9,11-14,25,28H,3-4,7-8H2,1-2H3,(H,24,26,29). The van der Waals surface area contributed by atoms with E-state index in [9.17, 15) is 14.9 Å². The largest absolute Gasteiger partial charge is 0.395 e. The monoisotopic (exact) mass is 408 g/mol. The number of carbonyl (C=O) groups excluding carboxylic acids is 2. The van der Waals surface area contributed by atoms with Crippen LogP contribution in [0.25, 0.3) is 11.3 Å². The molecular weight excluding hydrogens is 384 g/mol. The van der Waals surface area contributed by atoms with Crippen LogP contribution in [0.4, 0.5) is 11.5 Å². The molecule has 9 heteroatoms. The Morgan fingerprint density at radius 1 is 1.33 bits per heavy atom. The number of nitrogens with zero attached hydrogens (tertiary/aromatic N) is 4. The minimum absolute atomic E-state index is 0.0354. The summed E-state index contributed by atoms with van der Waals surface area (Å²) in [6.45, 7) is 1.81. The first-order valence-corrected chi connectivity index (χ1v) is 9.72. The van der Waals surface area contributed by atoms with Crippen LogP contribution in [0, 0.1) is 17.2 Å². The Balaban J connectivity index is 1.76. The van der Waals surface area contributed by atoms with Crippen molar-refractivity contribution in [1.82, 2.24) is 14.9 Å². The quantitative estimate of drug-likeness (QED) is 0.605. The topological polar surface area (TPSA) is 131 Å². The molecule has 156 valence electrons. The van der Waals surface area contributed by atoms with E-state index in [2.05, 4.69) is 26.7 Å². The van der Waals surface area contributed by atoms with Gasteiger partial charge in [0, 0.05) is 25.1 Å². The number of aromatic nitrogens is 2. The fourth-order valence-corrected chi connectivity index (χ4v) is 2.92. The smallest absolute Gasteiger partial charge is 0.244 e. The maximum atomic E-state index is 12.4. The van der Waals surface area contributed by atoms with Crippen molar-refractivity contribution in [2.75, 3.05) is 30.8 Å². The van der Waals surface area contributed by atoms with Crippen molar-refractivity contribution in [2.24, 2.45) is 5.92 Å². The van der Waals surface area contributed by atoms with E-state index in [-0.39, 0.29) is 30.9 Å². The number of aliphatic hydroxyl groups is 1. The number of hydrogen-bond donors (Lipinski definition) is 3. The predicted molar refractivity (Wildman–Crippen MR) is 111 cm³/mol. The third-order valence-corrected chi connectivity index (χ3v) is 4.84. The van der Waals surface area contributed by atoms with Crippen molar-refractivity contribution in [3.63, 3.8) is 0 Å². The van der Waals surface area contributed by atoms with Crippen LogP contribution in [0.2, 0.25) is 0 Å². The van der Waals surface area contributed by atoms with E-state index in [1.165, 1.54) is 11.1 Å². The molecule has 1 fully saturated rings. The van der Waals surface area contributed by atoms with Crippen LogP contribution < -0.4 is 10.6 Å². The van der Waals surface area contributed by atoms with Gasteiger partial charge in [-0.2, -0.15) is 5.26 Å². The highest BCUT2D eigenvalue weighted by Crippen LogP contribution is 2.30. The molecule has 1 aromatic carbocycles. The van der Waals surface area contributed by atoms with E-state index >= 15 is 0 Å². The molecule has 2 aromatic rings. The molecule has 30 heavy (non-hydrogen) atoms. The number of rotatable bonds is 8. The van der Waals surface area contributed by atoms with Crippen molar-refractivity contribution in [3.05, 3.63) is 36.2 Å².